The summed E-state index contributed by atoms with van der Waals surface area (Å²) >= 11 is 0. The number of aryl methyl sites for hydroxylation is 1. The predicted octanol–water partition coefficient (Wildman–Crippen LogP) is 0.761. The molecule has 1 atom stereocenters. The molecular formula is C10H14N2O2. The van der Waals surface area contributed by atoms with E-state index in [9.17, 15) is 4.79 Å². The fraction of sp³-hybridized carbons (Fsp3) is 0.500. The maximum atomic E-state index is 11.8. The quantitative estimate of drug-likeness (QED) is 0.718. The molecule has 1 aliphatic heterocycles. The molecule has 1 saturated heterocycles. The number of hydrogen-bond donors (Lipinski definition) is 1. The van der Waals surface area contributed by atoms with Crippen LogP contribution in [0.1, 0.15) is 22.7 Å². The van der Waals surface area contributed by atoms with Crippen molar-refractivity contribution in [3.05, 3.63) is 23.7 Å². The Hall–Kier alpha value is -1.29. The highest BCUT2D eigenvalue weighted by molar-refractivity contribution is 5.91. The molecule has 0 spiro atoms. The van der Waals surface area contributed by atoms with Crippen molar-refractivity contribution in [3.8, 4) is 0 Å². The van der Waals surface area contributed by atoms with Crippen LogP contribution in [-0.4, -0.2) is 29.9 Å². The Balaban J connectivity index is 2.09. The zero-order chi connectivity index (χ0) is 10.1. The van der Waals surface area contributed by atoms with Gasteiger partial charge < -0.3 is 15.1 Å². The average molecular weight is 194 g/mol. The topological polar surface area (TPSA) is 59.5 Å². The van der Waals surface area contributed by atoms with Crippen molar-refractivity contribution in [2.45, 2.75) is 19.4 Å². The fourth-order valence-electron chi connectivity index (χ4n) is 1.68. The van der Waals surface area contributed by atoms with Crippen molar-refractivity contribution < 1.29 is 9.21 Å². The lowest BCUT2D eigenvalue weighted by Crippen LogP contribution is -2.31. The van der Waals surface area contributed by atoms with Crippen LogP contribution in [0.25, 0.3) is 0 Å². The number of rotatable bonds is 1. The average Bonchev–Trinajstić information content (AvgIpc) is 2.73. The Bertz CT molecular complexity index is 346. The number of carbonyl (C=O) groups excluding carboxylic acids is 1. The largest absolute Gasteiger partial charge is 0.456 e. The number of likely N-dealkylation sites (tertiary alicyclic amines) is 1. The summed E-state index contributed by atoms with van der Waals surface area (Å²) in [5.74, 6) is 1.12. The molecule has 0 radical (unpaired) electrons. The molecule has 1 unspecified atom stereocenters. The van der Waals surface area contributed by atoms with Crippen LogP contribution in [0.5, 0.6) is 0 Å². The number of furan rings is 1. The first-order valence-electron chi connectivity index (χ1n) is 4.78. The normalized spacial score (nSPS) is 21.6. The number of nitrogens with zero attached hydrogens (tertiary/aromatic N) is 1. The van der Waals surface area contributed by atoms with Gasteiger partial charge in [0.15, 0.2) is 5.76 Å². The van der Waals surface area contributed by atoms with Gasteiger partial charge in [0.2, 0.25) is 0 Å². The summed E-state index contributed by atoms with van der Waals surface area (Å²) in [6, 6.07) is 3.63. The third-order valence-electron chi connectivity index (χ3n) is 2.46. The Morgan fingerprint density at radius 1 is 1.64 bits per heavy atom. The van der Waals surface area contributed by atoms with Gasteiger partial charge in [-0.1, -0.05) is 0 Å². The van der Waals surface area contributed by atoms with Crippen LogP contribution in [0.15, 0.2) is 16.5 Å². The van der Waals surface area contributed by atoms with E-state index in [0.717, 1.165) is 18.7 Å². The lowest BCUT2D eigenvalue weighted by atomic mass is 10.3. The zero-order valence-electron chi connectivity index (χ0n) is 8.19. The van der Waals surface area contributed by atoms with Crippen molar-refractivity contribution in [2.24, 2.45) is 5.73 Å². The van der Waals surface area contributed by atoms with E-state index in [1.165, 1.54) is 0 Å². The van der Waals surface area contributed by atoms with Crippen LogP contribution in [0, 0.1) is 6.92 Å². The molecule has 1 aliphatic rings. The van der Waals surface area contributed by atoms with E-state index in [-0.39, 0.29) is 11.9 Å². The van der Waals surface area contributed by atoms with E-state index in [4.69, 9.17) is 10.2 Å². The zero-order valence-corrected chi connectivity index (χ0v) is 8.19. The number of nitrogens with two attached hydrogens (primary N) is 1. The van der Waals surface area contributed by atoms with Gasteiger partial charge in [-0.2, -0.15) is 0 Å². The monoisotopic (exact) mass is 194 g/mol. The lowest BCUT2D eigenvalue weighted by Gasteiger charge is -2.13. The van der Waals surface area contributed by atoms with Crippen LogP contribution in [0.3, 0.4) is 0 Å². The maximum absolute atomic E-state index is 11.8. The molecule has 1 amide bonds. The molecule has 14 heavy (non-hydrogen) atoms. The van der Waals surface area contributed by atoms with Crippen molar-refractivity contribution in [2.75, 3.05) is 13.1 Å². The fourth-order valence-corrected chi connectivity index (χ4v) is 1.68. The first-order chi connectivity index (χ1) is 6.66. The van der Waals surface area contributed by atoms with Crippen LogP contribution in [0.2, 0.25) is 0 Å². The molecule has 0 saturated carbocycles. The van der Waals surface area contributed by atoms with Crippen LogP contribution in [0.4, 0.5) is 0 Å². The molecule has 1 fully saturated rings. The molecule has 2 N–H and O–H groups in total. The first-order valence-corrected chi connectivity index (χ1v) is 4.78. The van der Waals surface area contributed by atoms with Crippen LogP contribution in [-0.2, 0) is 0 Å². The highest BCUT2D eigenvalue weighted by Gasteiger charge is 2.26. The van der Waals surface area contributed by atoms with E-state index in [1.54, 1.807) is 17.0 Å². The third-order valence-corrected chi connectivity index (χ3v) is 2.46. The molecule has 1 aromatic heterocycles. The van der Waals surface area contributed by atoms with E-state index < -0.39 is 0 Å². The molecule has 2 rings (SSSR count). The van der Waals surface area contributed by atoms with Gasteiger partial charge in [-0.25, -0.2) is 0 Å². The molecule has 1 aromatic rings. The SMILES string of the molecule is Cc1ccc(C(=O)N2CCC(N)C2)o1. The second kappa shape index (κ2) is 3.46. The van der Waals surface area contributed by atoms with Crippen molar-refractivity contribution in [1.29, 1.82) is 0 Å². The first kappa shape index (κ1) is 9.27. The van der Waals surface area contributed by atoms with Crippen molar-refractivity contribution in [3.63, 3.8) is 0 Å². The summed E-state index contributed by atoms with van der Waals surface area (Å²) in [6.07, 6.45) is 0.880. The Kier molecular flexibility index (Phi) is 2.29. The van der Waals surface area contributed by atoms with Crippen LogP contribution >= 0.6 is 0 Å². The van der Waals surface area contributed by atoms with Gasteiger partial charge in [0.25, 0.3) is 5.91 Å². The standard InChI is InChI=1S/C10H14N2O2/c1-7-2-3-9(14-7)10(13)12-5-4-8(11)6-12/h2-3,8H,4-6,11H2,1H3. The van der Waals surface area contributed by atoms with Crippen LogP contribution < -0.4 is 5.73 Å². The summed E-state index contributed by atoms with van der Waals surface area (Å²) in [5.41, 5.74) is 5.72. The van der Waals surface area contributed by atoms with Gasteiger partial charge in [-0.05, 0) is 25.5 Å². The molecule has 76 valence electrons. The number of hydrogen-bond acceptors (Lipinski definition) is 3. The molecule has 0 aliphatic carbocycles. The molecular weight excluding hydrogens is 180 g/mol. The summed E-state index contributed by atoms with van der Waals surface area (Å²) in [4.78, 5) is 13.5. The van der Waals surface area contributed by atoms with Gasteiger partial charge in [0.05, 0.1) is 0 Å². The molecule has 0 bridgehead atoms. The summed E-state index contributed by atoms with van der Waals surface area (Å²) < 4.78 is 5.26. The number of amides is 1. The molecule has 0 aromatic carbocycles. The Labute approximate surface area is 82.7 Å². The van der Waals surface area contributed by atoms with E-state index >= 15 is 0 Å². The highest BCUT2D eigenvalue weighted by Crippen LogP contribution is 2.14. The summed E-state index contributed by atoms with van der Waals surface area (Å²) in [7, 11) is 0. The predicted molar refractivity (Wildman–Crippen MR) is 51.9 cm³/mol. The van der Waals surface area contributed by atoms with Gasteiger partial charge in [0, 0.05) is 19.1 Å². The van der Waals surface area contributed by atoms with E-state index in [1.807, 2.05) is 6.92 Å². The van der Waals surface area contributed by atoms with E-state index in [0.29, 0.717) is 12.3 Å². The van der Waals surface area contributed by atoms with E-state index in [2.05, 4.69) is 0 Å². The smallest absolute Gasteiger partial charge is 0.289 e. The minimum atomic E-state index is -0.0500. The third kappa shape index (κ3) is 1.65. The maximum Gasteiger partial charge on any atom is 0.289 e. The molecule has 4 heteroatoms. The molecule has 2 heterocycles. The van der Waals surface area contributed by atoms with Crippen molar-refractivity contribution >= 4 is 5.91 Å². The van der Waals surface area contributed by atoms with Gasteiger partial charge in [0.1, 0.15) is 5.76 Å². The lowest BCUT2D eigenvalue weighted by molar-refractivity contribution is 0.0758. The van der Waals surface area contributed by atoms with Gasteiger partial charge >= 0.3 is 0 Å². The van der Waals surface area contributed by atoms with Crippen molar-refractivity contribution in [1.82, 2.24) is 4.90 Å². The Morgan fingerprint density at radius 3 is 2.93 bits per heavy atom. The summed E-state index contributed by atoms with van der Waals surface area (Å²) in [6.45, 7) is 3.20. The minimum Gasteiger partial charge on any atom is -0.456 e. The molecule has 4 nitrogen and oxygen atoms in total. The second-order valence-electron chi connectivity index (χ2n) is 3.71. The number of carbonyl (C=O) groups is 1. The minimum absolute atomic E-state index is 0.0500. The van der Waals surface area contributed by atoms with Gasteiger partial charge in [-0.3, -0.25) is 4.79 Å². The Morgan fingerprint density at radius 2 is 2.43 bits per heavy atom. The van der Waals surface area contributed by atoms with Gasteiger partial charge in [-0.15, -0.1) is 0 Å². The second-order valence-corrected chi connectivity index (χ2v) is 3.71. The summed E-state index contributed by atoms with van der Waals surface area (Å²) in [5, 5.41) is 0. The highest BCUT2D eigenvalue weighted by atomic mass is 16.3.